The third-order valence-electron chi connectivity index (χ3n) is 6.22. The van der Waals surface area contributed by atoms with Crippen LogP contribution < -0.4 is 15.4 Å². The Morgan fingerprint density at radius 2 is 1.54 bits per heavy atom. The van der Waals surface area contributed by atoms with E-state index in [9.17, 15) is 13.2 Å². The van der Waals surface area contributed by atoms with E-state index in [1.165, 1.54) is 24.3 Å². The Morgan fingerprint density at radius 3 is 2.11 bits per heavy atom. The van der Waals surface area contributed by atoms with Gasteiger partial charge in [-0.15, -0.1) is 0 Å². The smallest absolute Gasteiger partial charge is 0.240 e. The van der Waals surface area contributed by atoms with E-state index in [4.69, 9.17) is 5.26 Å². The summed E-state index contributed by atoms with van der Waals surface area (Å²) < 4.78 is 28.3. The van der Waals surface area contributed by atoms with Gasteiger partial charge < -0.3 is 10.6 Å². The summed E-state index contributed by atoms with van der Waals surface area (Å²) in [5, 5.41) is 15.2. The van der Waals surface area contributed by atoms with Crippen LogP contribution in [0.1, 0.15) is 29.0 Å². The molecule has 1 amide bonds. The second kappa shape index (κ2) is 11.3. The van der Waals surface area contributed by atoms with E-state index in [2.05, 4.69) is 39.6 Å². The molecule has 0 radical (unpaired) electrons. The van der Waals surface area contributed by atoms with Crippen molar-refractivity contribution in [2.45, 2.75) is 23.3 Å². The van der Waals surface area contributed by atoms with Gasteiger partial charge in [0, 0.05) is 31.6 Å². The molecule has 0 aliphatic carbocycles. The molecule has 1 aliphatic heterocycles. The molecule has 8 heteroatoms. The van der Waals surface area contributed by atoms with Gasteiger partial charge in [0.25, 0.3) is 0 Å². The molecular weight excluding hydrogens is 460 g/mol. The van der Waals surface area contributed by atoms with Crippen molar-refractivity contribution in [3.8, 4) is 6.07 Å². The van der Waals surface area contributed by atoms with Crippen LogP contribution in [0.4, 0.5) is 0 Å². The second-order valence-electron chi connectivity index (χ2n) is 8.66. The number of carbonyl (C=O) groups is 1. The molecule has 0 spiro atoms. The zero-order valence-electron chi connectivity index (χ0n) is 19.2. The van der Waals surface area contributed by atoms with Crippen molar-refractivity contribution in [2.24, 2.45) is 5.92 Å². The van der Waals surface area contributed by atoms with Crippen LogP contribution in [0, 0.1) is 17.2 Å². The number of sulfonamides is 1. The molecule has 0 saturated carbocycles. The maximum atomic E-state index is 13.1. The van der Waals surface area contributed by atoms with E-state index in [-0.39, 0.29) is 22.6 Å². The number of hydrogen-bond donors (Lipinski definition) is 3. The summed E-state index contributed by atoms with van der Waals surface area (Å²) in [6, 6.07) is 27.4. The van der Waals surface area contributed by atoms with Crippen LogP contribution in [0.2, 0.25) is 0 Å². The van der Waals surface area contributed by atoms with Crippen LogP contribution in [0.5, 0.6) is 0 Å². The molecule has 2 unspecified atom stereocenters. The molecule has 1 aliphatic rings. The van der Waals surface area contributed by atoms with Gasteiger partial charge in [-0.3, -0.25) is 4.79 Å². The first-order chi connectivity index (χ1) is 17.0. The summed E-state index contributed by atoms with van der Waals surface area (Å²) in [5.74, 6) is -0.440. The van der Waals surface area contributed by atoms with Crippen LogP contribution in [0.3, 0.4) is 0 Å². The van der Waals surface area contributed by atoms with Crippen molar-refractivity contribution in [1.82, 2.24) is 15.4 Å². The Balaban J connectivity index is 1.39. The largest absolute Gasteiger partial charge is 0.355 e. The minimum atomic E-state index is -3.76. The first-order valence-electron chi connectivity index (χ1n) is 11.6. The Kier molecular flexibility index (Phi) is 7.93. The molecule has 3 aromatic carbocycles. The molecular formula is C27H28N4O3S. The highest BCUT2D eigenvalue weighted by atomic mass is 32.2. The Hall–Kier alpha value is -3.51. The van der Waals surface area contributed by atoms with E-state index in [1.807, 2.05) is 42.5 Å². The summed E-state index contributed by atoms with van der Waals surface area (Å²) in [7, 11) is -3.76. The maximum absolute atomic E-state index is 13.1. The number of piperidine rings is 1. The molecule has 3 aromatic rings. The summed E-state index contributed by atoms with van der Waals surface area (Å²) in [6.45, 7) is 1.38. The molecule has 0 aromatic heterocycles. The van der Waals surface area contributed by atoms with Crippen molar-refractivity contribution in [1.29, 1.82) is 5.26 Å². The van der Waals surface area contributed by atoms with Gasteiger partial charge in [-0.1, -0.05) is 60.7 Å². The van der Waals surface area contributed by atoms with E-state index in [0.717, 1.165) is 11.1 Å². The number of hydrogen-bond acceptors (Lipinski definition) is 5. The van der Waals surface area contributed by atoms with Crippen LogP contribution >= 0.6 is 0 Å². The van der Waals surface area contributed by atoms with Gasteiger partial charge in [0.1, 0.15) is 0 Å². The first kappa shape index (κ1) is 24.6. The molecule has 2 atom stereocenters. The lowest BCUT2D eigenvalue weighted by atomic mass is 9.90. The molecule has 1 saturated heterocycles. The van der Waals surface area contributed by atoms with Gasteiger partial charge in [0.15, 0.2) is 0 Å². The van der Waals surface area contributed by atoms with E-state index < -0.39 is 16.1 Å². The van der Waals surface area contributed by atoms with Crippen molar-refractivity contribution >= 4 is 15.9 Å². The molecule has 7 nitrogen and oxygen atoms in total. The maximum Gasteiger partial charge on any atom is 0.240 e. The SMILES string of the molecule is N#Cc1ccc(S(=O)(=O)NC2CNCC(C(=O)NCC(c3ccccc3)c3ccccc3)C2)cc1. The minimum absolute atomic E-state index is 0.0172. The molecule has 180 valence electrons. The topological polar surface area (TPSA) is 111 Å². The van der Waals surface area contributed by atoms with Crippen molar-refractivity contribution in [3.63, 3.8) is 0 Å². The molecule has 3 N–H and O–H groups in total. The van der Waals surface area contributed by atoms with Crippen LogP contribution in [0.25, 0.3) is 0 Å². The van der Waals surface area contributed by atoms with Crippen LogP contribution in [-0.2, 0) is 14.8 Å². The van der Waals surface area contributed by atoms with Crippen LogP contribution in [0.15, 0.2) is 89.8 Å². The van der Waals surface area contributed by atoms with Gasteiger partial charge in [0.05, 0.1) is 22.4 Å². The highest BCUT2D eigenvalue weighted by Crippen LogP contribution is 2.24. The van der Waals surface area contributed by atoms with Crippen molar-refractivity contribution in [3.05, 3.63) is 102 Å². The summed E-state index contributed by atoms with van der Waals surface area (Å²) >= 11 is 0. The lowest BCUT2D eigenvalue weighted by molar-refractivity contribution is -0.125. The first-order valence-corrected chi connectivity index (χ1v) is 13.1. The monoisotopic (exact) mass is 488 g/mol. The minimum Gasteiger partial charge on any atom is -0.355 e. The van der Waals surface area contributed by atoms with E-state index in [0.29, 0.717) is 31.6 Å². The van der Waals surface area contributed by atoms with E-state index >= 15 is 0 Å². The lowest BCUT2D eigenvalue weighted by Crippen LogP contribution is -2.52. The summed E-state index contributed by atoms with van der Waals surface area (Å²) in [4.78, 5) is 13.2. The normalized spacial score (nSPS) is 18.1. The molecule has 35 heavy (non-hydrogen) atoms. The fraction of sp³-hybridized carbons (Fsp3) is 0.259. The quantitative estimate of drug-likeness (QED) is 0.452. The predicted octanol–water partition coefficient (Wildman–Crippen LogP) is 2.76. The number of rotatable bonds is 8. The fourth-order valence-electron chi connectivity index (χ4n) is 4.37. The molecule has 1 fully saturated rings. The zero-order valence-corrected chi connectivity index (χ0v) is 20.0. The standard InChI is InChI=1S/C27H28N4O3S/c28-16-20-11-13-25(14-12-20)35(33,34)31-24-15-23(17-29-18-24)27(32)30-19-26(21-7-3-1-4-8-21)22-9-5-2-6-10-22/h1-14,23-24,26,29,31H,15,17-19H2,(H,30,32). The Bertz CT molecular complexity index is 1230. The van der Waals surface area contributed by atoms with E-state index in [1.54, 1.807) is 0 Å². The third kappa shape index (κ3) is 6.34. The van der Waals surface area contributed by atoms with Crippen molar-refractivity contribution < 1.29 is 13.2 Å². The zero-order chi connectivity index (χ0) is 24.7. The summed E-state index contributed by atoms with van der Waals surface area (Å²) in [6.07, 6.45) is 0.398. The number of nitrogens with zero attached hydrogens (tertiary/aromatic N) is 1. The second-order valence-corrected chi connectivity index (χ2v) is 10.4. The Labute approximate surface area is 206 Å². The van der Waals surface area contributed by atoms with Gasteiger partial charge in [-0.05, 0) is 41.8 Å². The fourth-order valence-corrected chi connectivity index (χ4v) is 5.62. The van der Waals surface area contributed by atoms with Crippen molar-refractivity contribution in [2.75, 3.05) is 19.6 Å². The van der Waals surface area contributed by atoms with Gasteiger partial charge >= 0.3 is 0 Å². The van der Waals surface area contributed by atoms with Gasteiger partial charge in [-0.2, -0.15) is 5.26 Å². The predicted molar refractivity (Wildman–Crippen MR) is 134 cm³/mol. The third-order valence-corrected chi connectivity index (χ3v) is 7.76. The highest BCUT2D eigenvalue weighted by molar-refractivity contribution is 7.89. The van der Waals surface area contributed by atoms with Crippen LogP contribution in [-0.4, -0.2) is 40.0 Å². The lowest BCUT2D eigenvalue weighted by Gasteiger charge is -2.30. The highest BCUT2D eigenvalue weighted by Gasteiger charge is 2.30. The van der Waals surface area contributed by atoms with Gasteiger partial charge in [0.2, 0.25) is 15.9 Å². The number of benzene rings is 3. The summed E-state index contributed by atoms with van der Waals surface area (Å²) in [5.41, 5.74) is 2.63. The van der Waals surface area contributed by atoms with Gasteiger partial charge in [-0.25, -0.2) is 13.1 Å². The number of amides is 1. The number of nitriles is 1. The molecule has 4 rings (SSSR count). The number of nitrogens with one attached hydrogen (secondary N) is 3. The Morgan fingerprint density at radius 1 is 0.943 bits per heavy atom. The number of carbonyl (C=O) groups excluding carboxylic acids is 1. The molecule has 1 heterocycles. The average molecular weight is 489 g/mol. The molecule has 0 bridgehead atoms. The average Bonchev–Trinajstić information content (AvgIpc) is 2.90.